The van der Waals surface area contributed by atoms with Gasteiger partial charge in [0.05, 0.1) is 6.20 Å². The highest BCUT2D eigenvalue weighted by atomic mass is 16.1. The summed E-state index contributed by atoms with van der Waals surface area (Å²) in [4.78, 5) is 15.7. The minimum absolute atomic E-state index is 0.0579. The molecule has 0 bridgehead atoms. The molecule has 0 saturated heterocycles. The fourth-order valence-electron chi connectivity index (χ4n) is 3.13. The van der Waals surface area contributed by atoms with Crippen molar-refractivity contribution in [1.29, 1.82) is 0 Å². The number of rotatable bonds is 2. The normalized spacial score (nSPS) is 17.5. The van der Waals surface area contributed by atoms with Crippen molar-refractivity contribution in [3.05, 3.63) is 33.9 Å². The molecule has 1 N–H and O–H groups in total. The Morgan fingerprint density at radius 2 is 2.24 bits per heavy atom. The van der Waals surface area contributed by atoms with Crippen LogP contribution in [0.25, 0.3) is 5.65 Å². The molecular weight excluding hydrogens is 214 g/mol. The van der Waals surface area contributed by atoms with Gasteiger partial charge in [-0.05, 0) is 25.7 Å². The summed E-state index contributed by atoms with van der Waals surface area (Å²) < 4.78 is 1.47. The van der Waals surface area contributed by atoms with Gasteiger partial charge in [-0.2, -0.15) is 9.61 Å². The van der Waals surface area contributed by atoms with Gasteiger partial charge in [-0.15, -0.1) is 0 Å². The van der Waals surface area contributed by atoms with E-state index in [9.17, 15) is 4.79 Å². The Kier molecular flexibility index (Phi) is 2.15. The summed E-state index contributed by atoms with van der Waals surface area (Å²) in [6, 6.07) is 1.86. The quantitative estimate of drug-likeness (QED) is 0.859. The smallest absolute Gasteiger partial charge is 0.277 e. The maximum atomic E-state index is 12.3. The van der Waals surface area contributed by atoms with Crippen LogP contribution >= 0.6 is 0 Å². The van der Waals surface area contributed by atoms with Crippen molar-refractivity contribution >= 4 is 5.65 Å². The third-order valence-electron chi connectivity index (χ3n) is 4.39. The van der Waals surface area contributed by atoms with E-state index in [1.165, 1.54) is 4.52 Å². The first-order valence-corrected chi connectivity index (χ1v) is 6.31. The lowest BCUT2D eigenvalue weighted by molar-refractivity contribution is 0.385. The minimum Gasteiger partial charge on any atom is -0.343 e. The Hall–Kier alpha value is -1.58. The molecule has 90 valence electrons. The fraction of sp³-hybridized carbons (Fsp3) is 0.538. The van der Waals surface area contributed by atoms with E-state index < -0.39 is 0 Å². The van der Waals surface area contributed by atoms with Crippen LogP contribution in [-0.2, 0) is 11.8 Å². The second kappa shape index (κ2) is 3.45. The Labute approximate surface area is 99.7 Å². The first-order valence-electron chi connectivity index (χ1n) is 6.31. The van der Waals surface area contributed by atoms with Crippen molar-refractivity contribution in [2.45, 2.75) is 44.9 Å². The summed E-state index contributed by atoms with van der Waals surface area (Å²) in [6.45, 7) is 4.41. The second-order valence-corrected chi connectivity index (χ2v) is 4.90. The van der Waals surface area contributed by atoms with Gasteiger partial charge >= 0.3 is 0 Å². The zero-order valence-corrected chi connectivity index (χ0v) is 10.3. The SMILES string of the molecule is CCC1(CC)CCc2c1[nH]c1ccnn1c2=O. The van der Waals surface area contributed by atoms with Crippen LogP contribution in [0.15, 0.2) is 17.1 Å². The number of H-pyrrole nitrogens is 1. The van der Waals surface area contributed by atoms with Crippen LogP contribution in [0.3, 0.4) is 0 Å². The molecule has 4 heteroatoms. The van der Waals surface area contributed by atoms with Crippen LogP contribution in [0, 0.1) is 0 Å². The number of aromatic amines is 1. The first kappa shape index (κ1) is 10.6. The molecule has 0 fully saturated rings. The van der Waals surface area contributed by atoms with Gasteiger partial charge in [0.1, 0.15) is 5.65 Å². The molecule has 0 radical (unpaired) electrons. The Balaban J connectivity index is 2.35. The van der Waals surface area contributed by atoms with Crippen LogP contribution in [-0.4, -0.2) is 14.6 Å². The molecule has 0 aromatic carbocycles. The second-order valence-electron chi connectivity index (χ2n) is 4.90. The minimum atomic E-state index is 0.0579. The van der Waals surface area contributed by atoms with Gasteiger partial charge in [-0.1, -0.05) is 13.8 Å². The van der Waals surface area contributed by atoms with Gasteiger partial charge < -0.3 is 4.98 Å². The highest BCUT2D eigenvalue weighted by molar-refractivity contribution is 5.43. The van der Waals surface area contributed by atoms with Crippen LogP contribution in [0.1, 0.15) is 44.4 Å². The number of fused-ring (bicyclic) bond motifs is 2. The molecule has 0 saturated carbocycles. The van der Waals surface area contributed by atoms with Gasteiger partial charge in [0.2, 0.25) is 0 Å². The third kappa shape index (κ3) is 1.24. The molecule has 2 aromatic rings. The van der Waals surface area contributed by atoms with Crippen molar-refractivity contribution in [3.8, 4) is 0 Å². The van der Waals surface area contributed by atoms with E-state index in [-0.39, 0.29) is 11.0 Å². The predicted octanol–water partition coefficient (Wildman–Crippen LogP) is 2.03. The molecule has 17 heavy (non-hydrogen) atoms. The molecule has 0 atom stereocenters. The highest BCUT2D eigenvalue weighted by Gasteiger charge is 2.38. The summed E-state index contributed by atoms with van der Waals surface area (Å²) in [5.74, 6) is 0. The zero-order valence-electron chi connectivity index (χ0n) is 10.3. The van der Waals surface area contributed by atoms with E-state index in [0.717, 1.165) is 42.6 Å². The van der Waals surface area contributed by atoms with Crippen molar-refractivity contribution in [1.82, 2.24) is 14.6 Å². The number of hydrogen-bond acceptors (Lipinski definition) is 2. The lowest BCUT2D eigenvalue weighted by atomic mass is 9.80. The van der Waals surface area contributed by atoms with Gasteiger partial charge in [0.25, 0.3) is 5.56 Å². The van der Waals surface area contributed by atoms with Crippen molar-refractivity contribution in [3.63, 3.8) is 0 Å². The number of aromatic nitrogens is 3. The maximum absolute atomic E-state index is 12.3. The molecule has 1 aliphatic carbocycles. The summed E-state index contributed by atoms with van der Waals surface area (Å²) in [6.07, 6.45) is 5.78. The summed E-state index contributed by atoms with van der Waals surface area (Å²) in [5.41, 5.74) is 3.12. The van der Waals surface area contributed by atoms with Crippen LogP contribution < -0.4 is 5.56 Å². The van der Waals surface area contributed by atoms with Gasteiger partial charge in [0, 0.05) is 22.7 Å². The molecular formula is C13H17N3O. The van der Waals surface area contributed by atoms with Crippen molar-refractivity contribution in [2.75, 3.05) is 0 Å². The van der Waals surface area contributed by atoms with Crippen molar-refractivity contribution < 1.29 is 0 Å². The topological polar surface area (TPSA) is 50.2 Å². The van der Waals surface area contributed by atoms with E-state index in [0.29, 0.717) is 0 Å². The molecule has 3 rings (SSSR count). The number of nitrogens with zero attached hydrogens (tertiary/aromatic N) is 2. The fourth-order valence-corrected chi connectivity index (χ4v) is 3.13. The molecule has 0 amide bonds. The van der Waals surface area contributed by atoms with Gasteiger partial charge in [0.15, 0.2) is 0 Å². The molecule has 1 aliphatic rings. The zero-order chi connectivity index (χ0) is 12.0. The largest absolute Gasteiger partial charge is 0.343 e. The van der Waals surface area contributed by atoms with E-state index in [4.69, 9.17) is 0 Å². The van der Waals surface area contributed by atoms with E-state index in [1.807, 2.05) is 6.07 Å². The summed E-state index contributed by atoms with van der Waals surface area (Å²) in [7, 11) is 0. The van der Waals surface area contributed by atoms with Gasteiger partial charge in [-0.3, -0.25) is 4.79 Å². The lowest BCUT2D eigenvalue weighted by Gasteiger charge is -2.26. The standard InChI is InChI=1S/C13H17N3O/c1-3-13(4-2)7-5-9-11(13)15-10-6-8-14-16(10)12(9)17/h6,8,15H,3-5,7H2,1-2H3. The van der Waals surface area contributed by atoms with Crippen LogP contribution in [0.4, 0.5) is 0 Å². The first-order chi connectivity index (χ1) is 8.22. The molecule has 2 aromatic heterocycles. The Morgan fingerprint density at radius 3 is 2.94 bits per heavy atom. The molecule has 0 spiro atoms. The summed E-state index contributed by atoms with van der Waals surface area (Å²) in [5, 5.41) is 4.07. The monoisotopic (exact) mass is 231 g/mol. The van der Waals surface area contributed by atoms with E-state index >= 15 is 0 Å². The third-order valence-corrected chi connectivity index (χ3v) is 4.39. The average Bonchev–Trinajstić information content (AvgIpc) is 2.94. The highest BCUT2D eigenvalue weighted by Crippen LogP contribution is 2.41. The Bertz CT molecular complexity index is 619. The molecule has 0 unspecified atom stereocenters. The van der Waals surface area contributed by atoms with Crippen LogP contribution in [0.2, 0.25) is 0 Å². The Morgan fingerprint density at radius 1 is 1.47 bits per heavy atom. The number of nitrogens with one attached hydrogen (secondary N) is 1. The molecule has 2 heterocycles. The molecule has 0 aliphatic heterocycles. The molecule has 4 nitrogen and oxygen atoms in total. The van der Waals surface area contributed by atoms with Crippen LogP contribution in [0.5, 0.6) is 0 Å². The summed E-state index contributed by atoms with van der Waals surface area (Å²) >= 11 is 0. The maximum Gasteiger partial charge on any atom is 0.277 e. The van der Waals surface area contributed by atoms with E-state index in [2.05, 4.69) is 23.9 Å². The average molecular weight is 231 g/mol. The number of hydrogen-bond donors (Lipinski definition) is 1. The lowest BCUT2D eigenvalue weighted by Crippen LogP contribution is -2.26. The van der Waals surface area contributed by atoms with Crippen molar-refractivity contribution in [2.24, 2.45) is 0 Å². The predicted molar refractivity (Wildman–Crippen MR) is 66.4 cm³/mol. The van der Waals surface area contributed by atoms with Gasteiger partial charge in [-0.25, -0.2) is 0 Å². The van der Waals surface area contributed by atoms with E-state index in [1.54, 1.807) is 6.20 Å².